The monoisotopic (exact) mass is 303 g/mol. The molecule has 0 unspecified atom stereocenters. The van der Waals surface area contributed by atoms with Crippen LogP contribution in [0.2, 0.25) is 0 Å². The number of carbonyl (C=O) groups is 2. The van der Waals surface area contributed by atoms with Crippen LogP contribution in [0.25, 0.3) is 11.4 Å². The van der Waals surface area contributed by atoms with E-state index in [1.165, 1.54) is 11.2 Å². The molecule has 0 spiro atoms. The molecule has 2 rings (SSSR count). The zero-order valence-electron chi connectivity index (χ0n) is 11.5. The van der Waals surface area contributed by atoms with E-state index < -0.39 is 11.9 Å². The molecular weight excluding hydrogens is 290 g/mol. The summed E-state index contributed by atoms with van der Waals surface area (Å²) in [5.41, 5.74) is 1.41. The molecule has 1 aromatic carbocycles. The van der Waals surface area contributed by atoms with Gasteiger partial charge in [-0.25, -0.2) is 0 Å². The van der Waals surface area contributed by atoms with Gasteiger partial charge in [-0.1, -0.05) is 18.2 Å². The van der Waals surface area contributed by atoms with Gasteiger partial charge in [-0.3, -0.25) is 14.5 Å². The first kappa shape index (κ1) is 15.4. The molecule has 0 amide bonds. The summed E-state index contributed by atoms with van der Waals surface area (Å²) >= 11 is 0. The Labute approximate surface area is 125 Å². The number of nitrogens with zero attached hydrogens (tertiary/aromatic N) is 5. The lowest BCUT2D eigenvalue weighted by Crippen LogP contribution is -2.33. The predicted molar refractivity (Wildman–Crippen MR) is 73.6 cm³/mol. The fourth-order valence-electron chi connectivity index (χ4n) is 1.94. The minimum Gasteiger partial charge on any atom is -0.480 e. The lowest BCUT2D eigenvalue weighted by Gasteiger charge is -2.18. The van der Waals surface area contributed by atoms with Crippen molar-refractivity contribution >= 4 is 11.9 Å². The van der Waals surface area contributed by atoms with Gasteiger partial charge < -0.3 is 10.2 Å². The van der Waals surface area contributed by atoms with Gasteiger partial charge in [0.1, 0.15) is 0 Å². The minimum atomic E-state index is -1.09. The summed E-state index contributed by atoms with van der Waals surface area (Å²) in [6, 6.07) is 7.03. The zero-order valence-corrected chi connectivity index (χ0v) is 11.5. The number of rotatable bonds is 7. The van der Waals surface area contributed by atoms with E-state index in [1.54, 1.807) is 24.3 Å². The second-order valence-electron chi connectivity index (χ2n) is 4.50. The Morgan fingerprint density at radius 2 is 1.68 bits per heavy atom. The lowest BCUT2D eigenvalue weighted by atomic mass is 10.1. The first-order valence-electron chi connectivity index (χ1n) is 6.30. The third-order valence-corrected chi connectivity index (χ3v) is 2.72. The van der Waals surface area contributed by atoms with Crippen molar-refractivity contribution in [3.05, 3.63) is 36.2 Å². The second kappa shape index (κ2) is 7.18. The quantitative estimate of drug-likeness (QED) is 0.720. The van der Waals surface area contributed by atoms with Gasteiger partial charge in [0.05, 0.1) is 13.1 Å². The van der Waals surface area contributed by atoms with Crippen molar-refractivity contribution in [2.24, 2.45) is 0 Å². The van der Waals surface area contributed by atoms with Crippen molar-refractivity contribution in [1.82, 2.24) is 25.3 Å². The van der Waals surface area contributed by atoms with Gasteiger partial charge in [0, 0.05) is 12.1 Å². The van der Waals surface area contributed by atoms with Crippen LogP contribution in [0.4, 0.5) is 0 Å². The van der Waals surface area contributed by atoms with E-state index in [1.807, 2.05) is 0 Å². The van der Waals surface area contributed by atoms with Crippen molar-refractivity contribution in [2.45, 2.75) is 6.54 Å². The van der Waals surface area contributed by atoms with Crippen LogP contribution >= 0.6 is 0 Å². The number of aliphatic carboxylic acids is 2. The maximum atomic E-state index is 10.8. The molecule has 0 bridgehead atoms. The zero-order chi connectivity index (χ0) is 15.9. The highest BCUT2D eigenvalue weighted by Gasteiger charge is 2.14. The van der Waals surface area contributed by atoms with Crippen LogP contribution in [-0.4, -0.2) is 60.5 Å². The minimum absolute atomic E-state index is 0.181. The predicted octanol–water partition coefficient (Wildman–Crippen LogP) is -0.0952. The van der Waals surface area contributed by atoms with E-state index in [0.29, 0.717) is 11.4 Å². The fourth-order valence-corrected chi connectivity index (χ4v) is 1.94. The normalized spacial score (nSPS) is 10.6. The molecule has 2 N–H and O–H groups in total. The van der Waals surface area contributed by atoms with E-state index in [9.17, 15) is 9.59 Å². The van der Waals surface area contributed by atoms with Gasteiger partial charge in [0.25, 0.3) is 0 Å². The van der Waals surface area contributed by atoms with Crippen LogP contribution in [0, 0.1) is 0 Å². The van der Waals surface area contributed by atoms with Gasteiger partial charge in [-0.2, -0.15) is 0 Å². The molecule has 9 nitrogen and oxygen atoms in total. The van der Waals surface area contributed by atoms with Crippen molar-refractivity contribution in [2.75, 3.05) is 13.1 Å². The summed E-state index contributed by atoms with van der Waals surface area (Å²) in [5, 5.41) is 32.6. The van der Waals surface area contributed by atoms with Crippen LogP contribution in [0.3, 0.4) is 0 Å². The fraction of sp³-hybridized carbons (Fsp3) is 0.231. The van der Waals surface area contributed by atoms with Crippen molar-refractivity contribution in [1.29, 1.82) is 0 Å². The molecule has 0 saturated carbocycles. The highest BCUT2D eigenvalue weighted by atomic mass is 16.4. The Morgan fingerprint density at radius 3 is 2.27 bits per heavy atom. The van der Waals surface area contributed by atoms with Crippen LogP contribution in [0.1, 0.15) is 5.56 Å². The van der Waals surface area contributed by atoms with Crippen molar-refractivity contribution < 1.29 is 19.8 Å². The van der Waals surface area contributed by atoms with Crippen molar-refractivity contribution in [3.63, 3.8) is 0 Å². The molecule has 0 aliphatic heterocycles. The van der Waals surface area contributed by atoms with Crippen molar-refractivity contribution in [3.8, 4) is 11.4 Å². The number of hydrogen-bond acceptors (Lipinski definition) is 7. The van der Waals surface area contributed by atoms with Gasteiger partial charge in [0.15, 0.2) is 6.33 Å². The summed E-state index contributed by atoms with van der Waals surface area (Å²) in [6.07, 6.45) is 1.22. The Balaban J connectivity index is 2.17. The number of hydrogen-bond donors (Lipinski definition) is 2. The summed E-state index contributed by atoms with van der Waals surface area (Å²) < 4.78 is 0. The second-order valence-corrected chi connectivity index (χ2v) is 4.50. The van der Waals surface area contributed by atoms with Gasteiger partial charge in [0.2, 0.25) is 5.82 Å². The first-order valence-corrected chi connectivity index (χ1v) is 6.30. The first-order chi connectivity index (χ1) is 10.5. The maximum Gasteiger partial charge on any atom is 0.317 e. The molecule has 0 aliphatic carbocycles. The molecule has 0 atom stereocenters. The van der Waals surface area contributed by atoms with E-state index in [-0.39, 0.29) is 19.6 Å². The molecule has 2 aromatic rings. The van der Waals surface area contributed by atoms with Gasteiger partial charge >= 0.3 is 11.9 Å². The Bertz CT molecular complexity index is 648. The van der Waals surface area contributed by atoms with Crippen LogP contribution in [0.5, 0.6) is 0 Å². The third kappa shape index (κ3) is 4.56. The van der Waals surface area contributed by atoms with E-state index >= 15 is 0 Å². The third-order valence-electron chi connectivity index (χ3n) is 2.72. The summed E-state index contributed by atoms with van der Waals surface area (Å²) in [5.74, 6) is -1.83. The van der Waals surface area contributed by atoms with Crippen LogP contribution in [0.15, 0.2) is 30.6 Å². The molecule has 22 heavy (non-hydrogen) atoms. The average molecular weight is 303 g/mol. The summed E-state index contributed by atoms with van der Waals surface area (Å²) in [4.78, 5) is 22.9. The number of aromatic nitrogens is 4. The largest absolute Gasteiger partial charge is 0.480 e. The SMILES string of the molecule is O=C(O)CN(CC(=O)O)Cc1cccc(-c2nncnn2)c1. The molecule has 0 radical (unpaired) electrons. The number of carboxylic acids is 2. The highest BCUT2D eigenvalue weighted by Crippen LogP contribution is 2.16. The Morgan fingerprint density at radius 1 is 1.05 bits per heavy atom. The summed E-state index contributed by atoms with van der Waals surface area (Å²) in [7, 11) is 0. The number of benzene rings is 1. The molecule has 114 valence electrons. The molecule has 1 heterocycles. The lowest BCUT2D eigenvalue weighted by molar-refractivity contribution is -0.142. The highest BCUT2D eigenvalue weighted by molar-refractivity contribution is 5.72. The average Bonchev–Trinajstić information content (AvgIpc) is 2.47. The van der Waals surface area contributed by atoms with E-state index in [0.717, 1.165) is 5.56 Å². The van der Waals surface area contributed by atoms with Gasteiger partial charge in [-0.05, 0) is 11.6 Å². The molecule has 0 aliphatic rings. The summed E-state index contributed by atoms with van der Waals surface area (Å²) in [6.45, 7) is -0.539. The van der Waals surface area contributed by atoms with E-state index in [2.05, 4.69) is 20.4 Å². The molecule has 0 saturated heterocycles. The molecule has 9 heteroatoms. The maximum absolute atomic E-state index is 10.8. The van der Waals surface area contributed by atoms with E-state index in [4.69, 9.17) is 10.2 Å². The Hall–Kier alpha value is -2.94. The topological polar surface area (TPSA) is 129 Å². The number of carboxylic acid groups (broad SMARTS) is 2. The molecular formula is C13H13N5O4. The molecule has 0 fully saturated rings. The smallest absolute Gasteiger partial charge is 0.317 e. The standard InChI is InChI=1S/C13H13N5O4/c19-11(20)6-18(7-12(21)22)5-9-2-1-3-10(4-9)13-16-14-8-15-17-13/h1-4,8H,5-7H2,(H,19,20)(H,21,22). The molecule has 1 aromatic heterocycles. The van der Waals surface area contributed by atoms with Crippen LogP contribution < -0.4 is 0 Å². The van der Waals surface area contributed by atoms with Crippen LogP contribution in [-0.2, 0) is 16.1 Å². The Kier molecular flexibility index (Phi) is 5.04. The van der Waals surface area contributed by atoms with Gasteiger partial charge in [-0.15, -0.1) is 20.4 Å².